The highest BCUT2D eigenvalue weighted by Crippen LogP contribution is 2.03. The molecular formula is C12H16N2O4. The van der Waals surface area contributed by atoms with Crippen molar-refractivity contribution < 1.29 is 19.4 Å². The summed E-state index contributed by atoms with van der Waals surface area (Å²) in [5, 5.41) is 11.7. The summed E-state index contributed by atoms with van der Waals surface area (Å²) in [6.45, 7) is 1.69. The average Bonchev–Trinajstić information content (AvgIpc) is 2.37. The molecule has 1 aromatic rings. The van der Waals surface area contributed by atoms with Crippen molar-refractivity contribution in [3.8, 4) is 0 Å². The van der Waals surface area contributed by atoms with Crippen molar-refractivity contribution in [2.75, 3.05) is 13.7 Å². The number of nitrogens with zero attached hydrogens (tertiary/aromatic N) is 1. The first-order chi connectivity index (χ1) is 8.54. The lowest BCUT2D eigenvalue weighted by molar-refractivity contribution is -0.150. The Morgan fingerprint density at radius 2 is 2.28 bits per heavy atom. The van der Waals surface area contributed by atoms with E-state index < -0.39 is 12.1 Å². The smallest absolute Gasteiger partial charge is 0.336 e. The number of aryl methyl sites for hydroxylation is 1. The Morgan fingerprint density at radius 3 is 2.89 bits per heavy atom. The van der Waals surface area contributed by atoms with Crippen LogP contribution in [0.2, 0.25) is 0 Å². The van der Waals surface area contributed by atoms with Gasteiger partial charge in [-0.1, -0.05) is 6.07 Å². The molecule has 1 rings (SSSR count). The molecule has 0 radical (unpaired) electrons. The molecule has 0 aliphatic heterocycles. The van der Waals surface area contributed by atoms with E-state index in [1.165, 1.54) is 7.11 Å². The highest BCUT2D eigenvalue weighted by molar-refractivity contribution is 5.80. The predicted molar refractivity (Wildman–Crippen MR) is 63.7 cm³/mol. The van der Waals surface area contributed by atoms with Crippen molar-refractivity contribution in [3.05, 3.63) is 29.6 Å². The standard InChI is InChI=1S/C12H16N2O4/c1-8-4-3-5-13-9(8)6-11(16)14-7-10(15)12(17)18-2/h3-5,10,15H,6-7H2,1-2H3,(H,14,16). The van der Waals surface area contributed by atoms with Gasteiger partial charge in [0.25, 0.3) is 0 Å². The van der Waals surface area contributed by atoms with E-state index in [-0.39, 0.29) is 18.9 Å². The third-order valence-electron chi connectivity index (χ3n) is 2.41. The molecule has 0 fully saturated rings. The van der Waals surface area contributed by atoms with E-state index in [9.17, 15) is 14.7 Å². The van der Waals surface area contributed by atoms with Crippen molar-refractivity contribution in [1.82, 2.24) is 10.3 Å². The molecule has 0 aliphatic rings. The summed E-state index contributed by atoms with van der Waals surface area (Å²) in [5.74, 6) is -1.08. The van der Waals surface area contributed by atoms with Crippen LogP contribution in [0, 0.1) is 6.92 Å². The van der Waals surface area contributed by atoms with E-state index in [0.29, 0.717) is 5.69 Å². The Labute approximate surface area is 105 Å². The lowest BCUT2D eigenvalue weighted by Crippen LogP contribution is -2.38. The number of nitrogens with one attached hydrogen (secondary N) is 1. The Kier molecular flexibility index (Phi) is 5.26. The van der Waals surface area contributed by atoms with Crippen LogP contribution in [0.5, 0.6) is 0 Å². The minimum absolute atomic E-state index is 0.112. The van der Waals surface area contributed by atoms with Crippen LogP contribution in [0.1, 0.15) is 11.3 Å². The molecule has 1 amide bonds. The minimum Gasteiger partial charge on any atom is -0.467 e. The fourth-order valence-corrected chi connectivity index (χ4v) is 1.35. The van der Waals surface area contributed by atoms with Gasteiger partial charge in [0.2, 0.25) is 5.91 Å². The normalized spacial score (nSPS) is 11.7. The quantitative estimate of drug-likeness (QED) is 0.695. The first-order valence-corrected chi connectivity index (χ1v) is 5.47. The molecule has 0 bridgehead atoms. The van der Waals surface area contributed by atoms with Crippen LogP contribution in [0.3, 0.4) is 0 Å². The van der Waals surface area contributed by atoms with Crippen LogP contribution >= 0.6 is 0 Å². The maximum Gasteiger partial charge on any atom is 0.336 e. The van der Waals surface area contributed by atoms with E-state index in [1.54, 1.807) is 12.3 Å². The number of carbonyl (C=O) groups excluding carboxylic acids is 2. The summed E-state index contributed by atoms with van der Waals surface area (Å²) < 4.78 is 4.33. The molecule has 2 N–H and O–H groups in total. The summed E-state index contributed by atoms with van der Waals surface area (Å²) in [4.78, 5) is 26.5. The molecule has 1 unspecified atom stereocenters. The molecule has 6 heteroatoms. The highest BCUT2D eigenvalue weighted by atomic mass is 16.5. The third-order valence-corrected chi connectivity index (χ3v) is 2.41. The number of pyridine rings is 1. The monoisotopic (exact) mass is 252 g/mol. The molecular weight excluding hydrogens is 236 g/mol. The molecule has 0 saturated carbocycles. The number of methoxy groups -OCH3 is 1. The van der Waals surface area contributed by atoms with E-state index >= 15 is 0 Å². The van der Waals surface area contributed by atoms with Crippen molar-refractivity contribution in [2.45, 2.75) is 19.4 Å². The molecule has 98 valence electrons. The number of hydrogen-bond acceptors (Lipinski definition) is 5. The van der Waals surface area contributed by atoms with Gasteiger partial charge in [0.15, 0.2) is 6.10 Å². The van der Waals surface area contributed by atoms with Crippen LogP contribution < -0.4 is 5.32 Å². The van der Waals surface area contributed by atoms with Gasteiger partial charge in [-0.3, -0.25) is 9.78 Å². The summed E-state index contributed by atoms with van der Waals surface area (Å²) in [6, 6.07) is 3.65. The molecule has 1 heterocycles. The lowest BCUT2D eigenvalue weighted by atomic mass is 10.1. The molecule has 0 aromatic carbocycles. The fraction of sp³-hybridized carbons (Fsp3) is 0.417. The van der Waals surface area contributed by atoms with Gasteiger partial charge in [-0.25, -0.2) is 4.79 Å². The van der Waals surface area contributed by atoms with Gasteiger partial charge in [0.1, 0.15) is 0 Å². The van der Waals surface area contributed by atoms with Gasteiger partial charge in [-0.2, -0.15) is 0 Å². The number of hydrogen-bond donors (Lipinski definition) is 2. The van der Waals surface area contributed by atoms with Gasteiger partial charge >= 0.3 is 5.97 Å². The Morgan fingerprint density at radius 1 is 1.56 bits per heavy atom. The first-order valence-electron chi connectivity index (χ1n) is 5.47. The number of aliphatic hydroxyl groups is 1. The molecule has 1 atom stereocenters. The minimum atomic E-state index is -1.34. The Hall–Kier alpha value is -1.95. The van der Waals surface area contributed by atoms with Gasteiger partial charge in [0.05, 0.1) is 25.8 Å². The van der Waals surface area contributed by atoms with Crippen LogP contribution in [0.4, 0.5) is 0 Å². The van der Waals surface area contributed by atoms with E-state index in [4.69, 9.17) is 0 Å². The molecule has 0 spiro atoms. The zero-order chi connectivity index (χ0) is 13.5. The number of carbonyl (C=O) groups is 2. The van der Waals surface area contributed by atoms with E-state index in [1.807, 2.05) is 13.0 Å². The van der Waals surface area contributed by atoms with Crippen molar-refractivity contribution in [3.63, 3.8) is 0 Å². The lowest BCUT2D eigenvalue weighted by Gasteiger charge is -2.10. The molecule has 1 aromatic heterocycles. The van der Waals surface area contributed by atoms with Crippen LogP contribution in [0.15, 0.2) is 18.3 Å². The van der Waals surface area contributed by atoms with Gasteiger partial charge in [-0.05, 0) is 18.6 Å². The van der Waals surface area contributed by atoms with Crippen molar-refractivity contribution in [2.24, 2.45) is 0 Å². The largest absolute Gasteiger partial charge is 0.467 e. The summed E-state index contributed by atoms with van der Waals surface area (Å²) >= 11 is 0. The SMILES string of the molecule is COC(=O)C(O)CNC(=O)Cc1ncccc1C. The number of rotatable bonds is 5. The predicted octanol–water partition coefficient (Wildman–Crippen LogP) is -0.417. The highest BCUT2D eigenvalue weighted by Gasteiger charge is 2.16. The molecule has 0 aliphatic carbocycles. The van der Waals surface area contributed by atoms with Gasteiger partial charge in [0, 0.05) is 6.20 Å². The Bertz CT molecular complexity index is 434. The second kappa shape index (κ2) is 6.70. The van der Waals surface area contributed by atoms with Crippen LogP contribution in [-0.4, -0.2) is 41.7 Å². The number of amides is 1. The van der Waals surface area contributed by atoms with Gasteiger partial charge < -0.3 is 15.2 Å². The van der Waals surface area contributed by atoms with E-state index in [0.717, 1.165) is 5.56 Å². The van der Waals surface area contributed by atoms with Crippen molar-refractivity contribution >= 4 is 11.9 Å². The van der Waals surface area contributed by atoms with Crippen LogP contribution in [0.25, 0.3) is 0 Å². The zero-order valence-corrected chi connectivity index (χ0v) is 10.3. The molecule has 18 heavy (non-hydrogen) atoms. The van der Waals surface area contributed by atoms with Crippen molar-refractivity contribution in [1.29, 1.82) is 0 Å². The summed E-state index contributed by atoms with van der Waals surface area (Å²) in [7, 11) is 1.17. The first kappa shape index (κ1) is 14.1. The maximum atomic E-state index is 11.6. The maximum absolute atomic E-state index is 11.6. The Balaban J connectivity index is 2.43. The fourth-order valence-electron chi connectivity index (χ4n) is 1.35. The summed E-state index contributed by atoms with van der Waals surface area (Å²) in [6.07, 6.45) is 0.378. The zero-order valence-electron chi connectivity index (χ0n) is 10.3. The van der Waals surface area contributed by atoms with Gasteiger partial charge in [-0.15, -0.1) is 0 Å². The average molecular weight is 252 g/mol. The number of esters is 1. The second-order valence-electron chi connectivity index (χ2n) is 3.79. The third kappa shape index (κ3) is 4.14. The topological polar surface area (TPSA) is 88.5 Å². The number of aliphatic hydroxyl groups excluding tert-OH is 1. The van der Waals surface area contributed by atoms with Crippen LogP contribution in [-0.2, 0) is 20.7 Å². The number of aromatic nitrogens is 1. The molecule has 6 nitrogen and oxygen atoms in total. The summed E-state index contributed by atoms with van der Waals surface area (Å²) in [5.41, 5.74) is 1.59. The van der Waals surface area contributed by atoms with E-state index in [2.05, 4.69) is 15.0 Å². The second-order valence-corrected chi connectivity index (χ2v) is 3.79. The molecule has 0 saturated heterocycles. The number of ether oxygens (including phenoxy) is 1.